The third-order valence-corrected chi connectivity index (χ3v) is 5.47. The largest absolute Gasteiger partial charge is 0.494 e. The van der Waals surface area contributed by atoms with E-state index in [9.17, 15) is 4.79 Å². The van der Waals surface area contributed by atoms with Gasteiger partial charge in [-0.05, 0) is 26.0 Å². The van der Waals surface area contributed by atoms with Gasteiger partial charge in [0, 0.05) is 51.0 Å². The average molecular weight is 393 g/mol. The maximum Gasteiger partial charge on any atom is 0.256 e. The first-order chi connectivity index (χ1) is 14.1. The Morgan fingerprint density at radius 3 is 2.83 bits per heavy atom. The Balaban J connectivity index is 1.47. The van der Waals surface area contributed by atoms with Crippen molar-refractivity contribution in [2.45, 2.75) is 26.4 Å². The van der Waals surface area contributed by atoms with Crippen LogP contribution in [0.4, 0.5) is 0 Å². The van der Waals surface area contributed by atoms with E-state index in [1.54, 1.807) is 18.6 Å². The summed E-state index contributed by atoms with van der Waals surface area (Å²) < 4.78 is 7.60. The number of rotatable bonds is 5. The summed E-state index contributed by atoms with van der Waals surface area (Å²) in [7, 11) is 1.89. The van der Waals surface area contributed by atoms with Gasteiger partial charge in [0.1, 0.15) is 11.3 Å². The first-order valence-electron chi connectivity index (χ1n) is 10.1. The zero-order chi connectivity index (χ0) is 20.4. The summed E-state index contributed by atoms with van der Waals surface area (Å²) in [6, 6.07) is 10.1. The smallest absolute Gasteiger partial charge is 0.256 e. The number of carbonyl (C=O) groups is 1. The van der Waals surface area contributed by atoms with Crippen molar-refractivity contribution in [1.82, 2.24) is 24.3 Å². The zero-order valence-electron chi connectivity index (χ0n) is 17.2. The molecule has 1 saturated heterocycles. The van der Waals surface area contributed by atoms with Gasteiger partial charge in [0.2, 0.25) is 0 Å². The van der Waals surface area contributed by atoms with E-state index in [1.165, 1.54) is 5.56 Å². The fourth-order valence-electron chi connectivity index (χ4n) is 4.00. The van der Waals surface area contributed by atoms with Crippen LogP contribution in [0.5, 0.6) is 5.75 Å². The van der Waals surface area contributed by atoms with Gasteiger partial charge in [0.05, 0.1) is 18.5 Å². The van der Waals surface area contributed by atoms with E-state index >= 15 is 0 Å². The molecule has 0 unspecified atom stereocenters. The van der Waals surface area contributed by atoms with Gasteiger partial charge in [-0.3, -0.25) is 9.69 Å². The molecule has 1 aliphatic rings. The molecule has 1 amide bonds. The van der Waals surface area contributed by atoms with Crippen LogP contribution in [-0.2, 0) is 13.6 Å². The number of para-hydroxylation sites is 1. The minimum atomic E-state index is 0.0259. The quantitative estimate of drug-likeness (QED) is 0.667. The lowest BCUT2D eigenvalue weighted by Crippen LogP contribution is -2.53. The Morgan fingerprint density at radius 1 is 1.21 bits per heavy atom. The minimum absolute atomic E-state index is 0.0259. The fraction of sp³-hybridized carbons (Fsp3) is 0.409. The molecule has 1 fully saturated rings. The van der Waals surface area contributed by atoms with Gasteiger partial charge in [0.25, 0.3) is 5.91 Å². The van der Waals surface area contributed by atoms with Crippen LogP contribution in [0.25, 0.3) is 11.2 Å². The number of pyridine rings is 1. The molecular formula is C22H27N5O2. The summed E-state index contributed by atoms with van der Waals surface area (Å²) in [6.07, 6.45) is 3.38. The molecule has 1 aliphatic heterocycles. The van der Waals surface area contributed by atoms with Crippen LogP contribution < -0.4 is 4.74 Å². The number of imidazole rings is 1. The Kier molecular flexibility index (Phi) is 5.49. The monoisotopic (exact) mass is 393 g/mol. The van der Waals surface area contributed by atoms with Gasteiger partial charge in [-0.2, -0.15) is 0 Å². The number of nitrogens with zero attached hydrogens (tertiary/aromatic N) is 5. The molecule has 1 aromatic carbocycles. The molecule has 0 aliphatic carbocycles. The second-order valence-corrected chi connectivity index (χ2v) is 7.51. The number of carbonyl (C=O) groups excluding carboxylic acids is 1. The first kappa shape index (κ1) is 19.4. The van der Waals surface area contributed by atoms with E-state index in [1.807, 2.05) is 41.6 Å². The number of ether oxygens (including phenoxy) is 1. The van der Waals surface area contributed by atoms with Crippen molar-refractivity contribution in [3.05, 3.63) is 54.0 Å². The predicted molar refractivity (Wildman–Crippen MR) is 112 cm³/mol. The van der Waals surface area contributed by atoms with Crippen molar-refractivity contribution in [3.63, 3.8) is 0 Å². The lowest BCUT2D eigenvalue weighted by Gasteiger charge is -2.40. The molecule has 2 aromatic heterocycles. The maximum absolute atomic E-state index is 13.2. The predicted octanol–water partition coefficient (Wildman–Crippen LogP) is 2.71. The highest BCUT2D eigenvalue weighted by Crippen LogP contribution is 2.23. The summed E-state index contributed by atoms with van der Waals surface area (Å²) in [4.78, 5) is 26.3. The summed E-state index contributed by atoms with van der Waals surface area (Å²) in [5, 5.41) is 0. The Morgan fingerprint density at radius 2 is 2.03 bits per heavy atom. The Labute approximate surface area is 170 Å². The summed E-state index contributed by atoms with van der Waals surface area (Å²) in [6.45, 7) is 7.92. The Bertz CT molecular complexity index is 1020. The van der Waals surface area contributed by atoms with Crippen molar-refractivity contribution in [2.75, 3.05) is 26.2 Å². The molecule has 3 aromatic rings. The van der Waals surface area contributed by atoms with Crippen molar-refractivity contribution in [1.29, 1.82) is 0 Å². The van der Waals surface area contributed by atoms with Crippen LogP contribution in [0.1, 0.15) is 29.8 Å². The number of piperazine rings is 1. The van der Waals surface area contributed by atoms with Crippen LogP contribution in [0, 0.1) is 0 Å². The van der Waals surface area contributed by atoms with E-state index in [4.69, 9.17) is 4.74 Å². The van der Waals surface area contributed by atoms with Gasteiger partial charge in [-0.1, -0.05) is 18.2 Å². The Hall–Kier alpha value is -2.93. The summed E-state index contributed by atoms with van der Waals surface area (Å²) in [5.74, 6) is 0.966. The van der Waals surface area contributed by atoms with Gasteiger partial charge in [0.15, 0.2) is 5.65 Å². The van der Waals surface area contributed by atoms with Crippen molar-refractivity contribution in [3.8, 4) is 5.75 Å². The molecule has 152 valence electrons. The topological polar surface area (TPSA) is 63.5 Å². The number of aromatic nitrogens is 3. The highest BCUT2D eigenvalue weighted by atomic mass is 16.5. The molecular weight excluding hydrogens is 366 g/mol. The van der Waals surface area contributed by atoms with Crippen molar-refractivity contribution < 1.29 is 9.53 Å². The summed E-state index contributed by atoms with van der Waals surface area (Å²) in [5.41, 5.74) is 3.21. The maximum atomic E-state index is 13.2. The van der Waals surface area contributed by atoms with Crippen LogP contribution in [0.15, 0.2) is 42.9 Å². The van der Waals surface area contributed by atoms with Crippen LogP contribution >= 0.6 is 0 Å². The molecule has 7 nitrogen and oxygen atoms in total. The molecule has 1 atom stereocenters. The number of hydrogen-bond acceptors (Lipinski definition) is 5. The van der Waals surface area contributed by atoms with Gasteiger partial charge in [-0.15, -0.1) is 0 Å². The van der Waals surface area contributed by atoms with Crippen LogP contribution in [-0.4, -0.2) is 62.5 Å². The van der Waals surface area contributed by atoms with E-state index in [0.717, 1.165) is 31.0 Å². The van der Waals surface area contributed by atoms with E-state index in [0.29, 0.717) is 24.2 Å². The van der Waals surface area contributed by atoms with Gasteiger partial charge >= 0.3 is 0 Å². The fourth-order valence-corrected chi connectivity index (χ4v) is 4.00. The van der Waals surface area contributed by atoms with Crippen molar-refractivity contribution >= 4 is 17.1 Å². The van der Waals surface area contributed by atoms with Crippen LogP contribution in [0.2, 0.25) is 0 Å². The van der Waals surface area contributed by atoms with E-state index < -0.39 is 0 Å². The lowest BCUT2D eigenvalue weighted by molar-refractivity contribution is 0.0475. The van der Waals surface area contributed by atoms with Crippen LogP contribution in [0.3, 0.4) is 0 Å². The highest BCUT2D eigenvalue weighted by Gasteiger charge is 2.30. The minimum Gasteiger partial charge on any atom is -0.494 e. The number of benzene rings is 1. The molecule has 7 heteroatoms. The zero-order valence-corrected chi connectivity index (χ0v) is 17.2. The van der Waals surface area contributed by atoms with E-state index in [2.05, 4.69) is 27.9 Å². The number of hydrogen-bond donors (Lipinski definition) is 0. The second-order valence-electron chi connectivity index (χ2n) is 7.51. The van der Waals surface area contributed by atoms with Gasteiger partial charge < -0.3 is 14.2 Å². The normalized spacial score (nSPS) is 17.6. The summed E-state index contributed by atoms with van der Waals surface area (Å²) >= 11 is 0. The SMILES string of the molecule is CCOc1ccccc1CN1CCN(C(=O)c2ccnc3c2ncn3C)[C@@H](C)C1. The lowest BCUT2D eigenvalue weighted by atomic mass is 10.1. The third kappa shape index (κ3) is 3.82. The average Bonchev–Trinajstić information content (AvgIpc) is 3.10. The molecule has 4 rings (SSSR count). The third-order valence-electron chi connectivity index (χ3n) is 5.47. The standard InChI is InChI=1S/C22H27N5O2/c1-4-29-19-8-6-5-7-17(19)14-26-11-12-27(16(2)13-26)22(28)18-9-10-23-21-20(18)24-15-25(21)3/h5-10,15-16H,4,11-14H2,1-3H3/t16-/m0/s1. The molecule has 29 heavy (non-hydrogen) atoms. The van der Waals surface area contributed by atoms with E-state index in [-0.39, 0.29) is 11.9 Å². The number of aryl methyl sites for hydroxylation is 1. The molecule has 0 N–H and O–H groups in total. The van der Waals surface area contributed by atoms with Gasteiger partial charge in [-0.25, -0.2) is 9.97 Å². The van der Waals surface area contributed by atoms with Crippen molar-refractivity contribution in [2.24, 2.45) is 7.05 Å². The second kappa shape index (κ2) is 8.21. The first-order valence-corrected chi connectivity index (χ1v) is 10.1. The number of fused-ring (bicyclic) bond motifs is 1. The molecule has 3 heterocycles. The molecule has 0 spiro atoms. The molecule has 0 saturated carbocycles. The molecule has 0 bridgehead atoms. The number of amides is 1. The molecule has 0 radical (unpaired) electrons. The highest BCUT2D eigenvalue weighted by molar-refractivity contribution is 6.04.